The van der Waals surface area contributed by atoms with Crippen LogP contribution in [0.25, 0.3) is 0 Å². The molecule has 21 heavy (non-hydrogen) atoms. The highest BCUT2D eigenvalue weighted by atomic mass is 16.6. The molecule has 0 spiro atoms. The second kappa shape index (κ2) is 5.39. The zero-order chi connectivity index (χ0) is 15.2. The van der Waals surface area contributed by atoms with Gasteiger partial charge in [0, 0.05) is 5.41 Å². The molecule has 1 saturated heterocycles. The smallest absolute Gasteiger partial charge is 0.162 e. The third-order valence-corrected chi connectivity index (χ3v) is 5.82. The fourth-order valence-electron chi connectivity index (χ4n) is 4.13. The van der Waals surface area contributed by atoms with Crippen molar-refractivity contribution in [3.63, 3.8) is 0 Å². The highest BCUT2D eigenvalue weighted by Gasteiger charge is 2.48. The summed E-state index contributed by atoms with van der Waals surface area (Å²) in [7, 11) is 0. The zero-order valence-corrected chi connectivity index (χ0v) is 13.8. The number of fused-ring (bicyclic) bond motifs is 2. The predicted molar refractivity (Wildman–Crippen MR) is 85.0 cm³/mol. The minimum Gasteiger partial charge on any atom is -0.370 e. The van der Waals surface area contributed by atoms with E-state index >= 15 is 0 Å². The number of ether oxygens (including phenoxy) is 1. The quantitative estimate of drug-likeness (QED) is 0.527. The Morgan fingerprint density at radius 1 is 1.24 bits per heavy atom. The lowest BCUT2D eigenvalue weighted by Gasteiger charge is -2.32. The molecule has 1 aliphatic heterocycles. The van der Waals surface area contributed by atoms with E-state index in [9.17, 15) is 4.79 Å². The first-order chi connectivity index (χ1) is 9.91. The van der Waals surface area contributed by atoms with Gasteiger partial charge in [-0.1, -0.05) is 38.0 Å². The van der Waals surface area contributed by atoms with Crippen LogP contribution >= 0.6 is 0 Å². The Morgan fingerprint density at radius 3 is 2.67 bits per heavy atom. The maximum absolute atomic E-state index is 12.7. The molecule has 0 amide bonds. The van der Waals surface area contributed by atoms with E-state index in [0.717, 1.165) is 32.1 Å². The molecule has 1 heterocycles. The summed E-state index contributed by atoms with van der Waals surface area (Å²) in [6.45, 7) is 8.81. The van der Waals surface area contributed by atoms with Gasteiger partial charge in [0.25, 0.3) is 0 Å². The first-order valence-corrected chi connectivity index (χ1v) is 8.49. The molecule has 2 heteroatoms. The summed E-state index contributed by atoms with van der Waals surface area (Å²) >= 11 is 0. The lowest BCUT2D eigenvalue weighted by molar-refractivity contribution is -0.123. The van der Waals surface area contributed by atoms with E-state index in [1.807, 2.05) is 6.08 Å². The van der Waals surface area contributed by atoms with Crippen molar-refractivity contribution in [3.8, 4) is 0 Å². The van der Waals surface area contributed by atoms with Crippen LogP contribution in [0.4, 0.5) is 0 Å². The van der Waals surface area contributed by atoms with Crippen molar-refractivity contribution < 1.29 is 9.53 Å². The normalized spacial score (nSPS) is 42.5. The summed E-state index contributed by atoms with van der Waals surface area (Å²) in [4.78, 5) is 12.7. The van der Waals surface area contributed by atoms with Crippen molar-refractivity contribution in [3.05, 3.63) is 23.3 Å². The molecule has 1 fully saturated rings. The number of ketones is 1. The number of hydrogen-bond acceptors (Lipinski definition) is 2. The summed E-state index contributed by atoms with van der Waals surface area (Å²) in [5.41, 5.74) is 2.55. The van der Waals surface area contributed by atoms with Crippen molar-refractivity contribution in [2.75, 3.05) is 0 Å². The van der Waals surface area contributed by atoms with E-state index in [1.54, 1.807) is 0 Å². The summed E-state index contributed by atoms with van der Waals surface area (Å²) in [5, 5.41) is 0. The van der Waals surface area contributed by atoms with Gasteiger partial charge in [-0.2, -0.15) is 0 Å². The van der Waals surface area contributed by atoms with Crippen LogP contribution in [-0.2, 0) is 9.53 Å². The largest absolute Gasteiger partial charge is 0.370 e. The molecule has 0 unspecified atom stereocenters. The number of epoxide rings is 1. The standard InChI is InChI=1S/C19H28O2/c1-12(2)14-11-18(20)19(4)10-9-13(3)5-7-16-17(21-16)8-6-15(14)19/h9,11-12,15-17H,5-8,10H2,1-4H3/b13-9-/t15-,16-,17-,19+/m1/s1. The van der Waals surface area contributed by atoms with Crippen LogP contribution in [0.1, 0.15) is 59.8 Å². The van der Waals surface area contributed by atoms with E-state index in [0.29, 0.717) is 29.8 Å². The van der Waals surface area contributed by atoms with Crippen molar-refractivity contribution in [1.29, 1.82) is 0 Å². The van der Waals surface area contributed by atoms with Crippen LogP contribution in [-0.4, -0.2) is 18.0 Å². The Labute approximate surface area is 128 Å². The monoisotopic (exact) mass is 288 g/mol. The zero-order valence-electron chi connectivity index (χ0n) is 13.8. The topological polar surface area (TPSA) is 29.6 Å². The Bertz CT molecular complexity index is 500. The Balaban J connectivity index is 1.89. The Morgan fingerprint density at radius 2 is 1.95 bits per heavy atom. The van der Waals surface area contributed by atoms with Crippen molar-refractivity contribution in [2.45, 2.75) is 72.0 Å². The highest BCUT2D eigenvalue weighted by Crippen LogP contribution is 2.49. The van der Waals surface area contributed by atoms with Gasteiger partial charge in [0.05, 0.1) is 12.2 Å². The maximum atomic E-state index is 12.7. The average molecular weight is 288 g/mol. The van der Waals surface area contributed by atoms with E-state index < -0.39 is 0 Å². The molecule has 0 saturated carbocycles. The summed E-state index contributed by atoms with van der Waals surface area (Å²) in [5.74, 6) is 1.21. The molecular weight excluding hydrogens is 260 g/mol. The fraction of sp³-hybridized carbons (Fsp3) is 0.737. The van der Waals surface area contributed by atoms with Crippen LogP contribution in [0.2, 0.25) is 0 Å². The van der Waals surface area contributed by atoms with Crippen molar-refractivity contribution >= 4 is 5.78 Å². The first kappa shape index (κ1) is 15.0. The molecule has 3 aliphatic rings. The number of rotatable bonds is 1. The highest BCUT2D eigenvalue weighted by molar-refractivity contribution is 5.98. The average Bonchev–Trinajstić information content (AvgIpc) is 3.13. The summed E-state index contributed by atoms with van der Waals surface area (Å²) in [6.07, 6.45) is 10.5. The van der Waals surface area contributed by atoms with Crippen LogP contribution in [0.3, 0.4) is 0 Å². The van der Waals surface area contributed by atoms with Crippen molar-refractivity contribution in [1.82, 2.24) is 0 Å². The lowest BCUT2D eigenvalue weighted by atomic mass is 9.70. The molecule has 0 bridgehead atoms. The third-order valence-electron chi connectivity index (χ3n) is 5.82. The van der Waals surface area contributed by atoms with Crippen LogP contribution in [0.5, 0.6) is 0 Å². The van der Waals surface area contributed by atoms with Gasteiger partial charge in [0.2, 0.25) is 0 Å². The number of hydrogen-bond donors (Lipinski definition) is 0. The minimum absolute atomic E-state index is 0.227. The molecule has 4 atom stereocenters. The SMILES string of the molecule is C/C1=C/C[C@]2(C)C(=O)C=C(C(C)C)[C@H]2CC[C@H]2O[C@@H]2CC1. The van der Waals surface area contributed by atoms with Gasteiger partial charge in [-0.15, -0.1) is 0 Å². The third kappa shape index (κ3) is 2.75. The fourth-order valence-corrected chi connectivity index (χ4v) is 4.13. The van der Waals surface area contributed by atoms with E-state index in [1.165, 1.54) is 11.1 Å². The molecule has 3 rings (SSSR count). The maximum Gasteiger partial charge on any atom is 0.162 e. The van der Waals surface area contributed by atoms with Gasteiger partial charge in [-0.3, -0.25) is 4.79 Å². The second-order valence-corrected chi connectivity index (χ2v) is 7.72. The molecule has 0 aromatic heterocycles. The second-order valence-electron chi connectivity index (χ2n) is 7.72. The first-order valence-electron chi connectivity index (χ1n) is 8.49. The van der Waals surface area contributed by atoms with Gasteiger partial charge in [-0.25, -0.2) is 0 Å². The molecule has 2 aliphatic carbocycles. The molecule has 0 aromatic rings. The lowest BCUT2D eigenvalue weighted by Crippen LogP contribution is -2.31. The minimum atomic E-state index is -0.227. The van der Waals surface area contributed by atoms with Gasteiger partial charge >= 0.3 is 0 Å². The molecule has 2 nitrogen and oxygen atoms in total. The number of carbonyl (C=O) groups is 1. The van der Waals surface area contributed by atoms with Gasteiger partial charge < -0.3 is 4.74 Å². The van der Waals surface area contributed by atoms with Crippen molar-refractivity contribution in [2.24, 2.45) is 17.3 Å². The van der Waals surface area contributed by atoms with Gasteiger partial charge in [-0.05, 0) is 56.9 Å². The Hall–Kier alpha value is -0.890. The van der Waals surface area contributed by atoms with Crippen LogP contribution < -0.4 is 0 Å². The number of carbonyl (C=O) groups excluding carboxylic acids is 1. The molecule has 0 N–H and O–H groups in total. The van der Waals surface area contributed by atoms with Gasteiger partial charge in [0.1, 0.15) is 0 Å². The Kier molecular flexibility index (Phi) is 3.85. The molecule has 116 valence electrons. The molecular formula is C19H28O2. The van der Waals surface area contributed by atoms with Gasteiger partial charge in [0.15, 0.2) is 5.78 Å². The van der Waals surface area contributed by atoms with E-state index in [4.69, 9.17) is 4.74 Å². The summed E-state index contributed by atoms with van der Waals surface area (Å²) in [6, 6.07) is 0. The predicted octanol–water partition coefficient (Wildman–Crippen LogP) is 4.45. The number of allylic oxidation sites excluding steroid dienone is 4. The molecule has 0 aromatic carbocycles. The summed E-state index contributed by atoms with van der Waals surface area (Å²) < 4.78 is 5.81. The van der Waals surface area contributed by atoms with Crippen LogP contribution in [0, 0.1) is 17.3 Å². The van der Waals surface area contributed by atoms with E-state index in [-0.39, 0.29) is 5.41 Å². The molecule has 0 radical (unpaired) electrons. The van der Waals surface area contributed by atoms with Crippen LogP contribution in [0.15, 0.2) is 23.3 Å². The van der Waals surface area contributed by atoms with E-state index in [2.05, 4.69) is 33.8 Å².